The van der Waals surface area contributed by atoms with E-state index in [0.717, 1.165) is 5.69 Å². The van der Waals surface area contributed by atoms with E-state index < -0.39 is 0 Å². The highest BCUT2D eigenvalue weighted by atomic mass is 32.1. The number of thiophene rings is 1. The summed E-state index contributed by atoms with van der Waals surface area (Å²) in [7, 11) is 1.78. The molecule has 2 heterocycles. The fourth-order valence-corrected chi connectivity index (χ4v) is 2.37. The smallest absolute Gasteiger partial charge is 0.268 e. The molecular formula is C13H14N4OS. The second-order valence-corrected chi connectivity index (χ2v) is 4.83. The van der Waals surface area contributed by atoms with Gasteiger partial charge in [0.05, 0.1) is 12.2 Å². The van der Waals surface area contributed by atoms with Crippen molar-refractivity contribution < 1.29 is 4.79 Å². The summed E-state index contributed by atoms with van der Waals surface area (Å²) in [5.41, 5.74) is 6.89. The maximum absolute atomic E-state index is 12.2. The minimum Gasteiger partial charge on any atom is -0.320 e. The summed E-state index contributed by atoms with van der Waals surface area (Å²) in [5.74, 6) is 6.12. The molecule has 0 fully saturated rings. The van der Waals surface area contributed by atoms with Crippen LogP contribution in [0.5, 0.6) is 0 Å². The van der Waals surface area contributed by atoms with Crippen LogP contribution in [0, 0.1) is 18.8 Å². The Morgan fingerprint density at radius 1 is 1.63 bits per heavy atom. The second kappa shape index (κ2) is 5.69. The van der Waals surface area contributed by atoms with Crippen molar-refractivity contribution in [1.82, 2.24) is 9.78 Å². The average Bonchev–Trinajstić information content (AvgIpc) is 2.94. The lowest BCUT2D eigenvalue weighted by Gasteiger charge is -2.03. The third kappa shape index (κ3) is 3.02. The number of aryl methyl sites for hydroxylation is 2. The molecule has 6 heteroatoms. The zero-order valence-electron chi connectivity index (χ0n) is 10.7. The van der Waals surface area contributed by atoms with Crippen molar-refractivity contribution in [3.63, 3.8) is 0 Å². The molecule has 0 radical (unpaired) electrons. The largest absolute Gasteiger partial charge is 0.320 e. The molecule has 19 heavy (non-hydrogen) atoms. The minimum atomic E-state index is -0.181. The number of aromatic nitrogens is 2. The van der Waals surface area contributed by atoms with Crippen molar-refractivity contribution >= 4 is 23.1 Å². The van der Waals surface area contributed by atoms with Crippen molar-refractivity contribution in [2.24, 2.45) is 12.8 Å². The normalized spacial score (nSPS) is 9.84. The van der Waals surface area contributed by atoms with E-state index in [9.17, 15) is 4.79 Å². The van der Waals surface area contributed by atoms with Gasteiger partial charge >= 0.3 is 0 Å². The van der Waals surface area contributed by atoms with E-state index in [4.69, 9.17) is 5.73 Å². The number of nitrogens with zero attached hydrogens (tertiary/aromatic N) is 2. The molecule has 2 aromatic heterocycles. The molecular weight excluding hydrogens is 260 g/mol. The number of nitrogens with one attached hydrogen (secondary N) is 1. The molecule has 0 atom stereocenters. The number of rotatable bonds is 2. The van der Waals surface area contributed by atoms with E-state index in [1.54, 1.807) is 11.7 Å². The lowest BCUT2D eigenvalue weighted by Crippen LogP contribution is -2.14. The van der Waals surface area contributed by atoms with Gasteiger partial charge in [0, 0.05) is 18.7 Å². The number of carbonyl (C=O) groups is 1. The lowest BCUT2D eigenvalue weighted by molar-refractivity contribution is 0.102. The summed E-state index contributed by atoms with van der Waals surface area (Å²) in [5, 5.41) is 8.84. The van der Waals surface area contributed by atoms with Crippen LogP contribution in [-0.2, 0) is 7.05 Å². The first-order chi connectivity index (χ1) is 9.11. The van der Waals surface area contributed by atoms with Gasteiger partial charge in [-0.3, -0.25) is 9.48 Å². The van der Waals surface area contributed by atoms with Crippen LogP contribution in [0.25, 0.3) is 0 Å². The SMILES string of the molecule is Cc1cc(NC(=O)c2sccc2C#CCN)n(C)n1. The highest BCUT2D eigenvalue weighted by Gasteiger charge is 2.14. The van der Waals surface area contributed by atoms with Gasteiger partial charge in [-0.15, -0.1) is 11.3 Å². The fraction of sp³-hybridized carbons (Fsp3) is 0.231. The van der Waals surface area contributed by atoms with Crippen LogP contribution in [-0.4, -0.2) is 22.2 Å². The molecule has 98 valence electrons. The fourth-order valence-electron chi connectivity index (χ4n) is 1.63. The summed E-state index contributed by atoms with van der Waals surface area (Å²) >= 11 is 1.35. The number of hydrogen-bond donors (Lipinski definition) is 2. The molecule has 0 spiro atoms. The first kappa shape index (κ1) is 13.3. The topological polar surface area (TPSA) is 72.9 Å². The van der Waals surface area contributed by atoms with Crippen LogP contribution in [0.2, 0.25) is 0 Å². The third-order valence-electron chi connectivity index (χ3n) is 2.44. The van der Waals surface area contributed by atoms with Crippen molar-refractivity contribution in [3.05, 3.63) is 33.6 Å². The van der Waals surface area contributed by atoms with E-state index in [2.05, 4.69) is 22.3 Å². The van der Waals surface area contributed by atoms with Gasteiger partial charge in [0.1, 0.15) is 10.7 Å². The maximum atomic E-state index is 12.2. The van der Waals surface area contributed by atoms with Gasteiger partial charge in [0.2, 0.25) is 0 Å². The number of nitrogens with two attached hydrogens (primary N) is 1. The summed E-state index contributed by atoms with van der Waals surface area (Å²) in [4.78, 5) is 12.8. The van der Waals surface area contributed by atoms with Crippen LogP contribution < -0.4 is 11.1 Å². The third-order valence-corrected chi connectivity index (χ3v) is 3.35. The Balaban J connectivity index is 2.21. The van der Waals surface area contributed by atoms with Crippen molar-refractivity contribution in [1.29, 1.82) is 0 Å². The zero-order valence-corrected chi connectivity index (χ0v) is 11.5. The standard InChI is InChI=1S/C13H14N4OS/c1-9-8-11(17(2)16-9)15-13(18)12-10(4-3-6-14)5-7-19-12/h5,7-8H,6,14H2,1-2H3,(H,15,18). The van der Waals surface area contributed by atoms with E-state index in [0.29, 0.717) is 16.3 Å². The Bertz CT molecular complexity index is 660. The molecule has 5 nitrogen and oxygen atoms in total. The number of carbonyl (C=O) groups excluding carboxylic acids is 1. The van der Waals surface area contributed by atoms with Gasteiger partial charge in [0.15, 0.2) is 0 Å². The first-order valence-electron chi connectivity index (χ1n) is 5.70. The zero-order chi connectivity index (χ0) is 13.8. The van der Waals surface area contributed by atoms with Gasteiger partial charge in [0.25, 0.3) is 5.91 Å². The van der Waals surface area contributed by atoms with E-state index >= 15 is 0 Å². The first-order valence-corrected chi connectivity index (χ1v) is 6.58. The molecule has 0 aliphatic carbocycles. The van der Waals surface area contributed by atoms with Crippen molar-refractivity contribution in [2.45, 2.75) is 6.92 Å². The van der Waals surface area contributed by atoms with Gasteiger partial charge in [-0.05, 0) is 18.4 Å². The molecule has 0 aliphatic heterocycles. The minimum absolute atomic E-state index is 0.181. The summed E-state index contributed by atoms with van der Waals surface area (Å²) in [6, 6.07) is 3.63. The van der Waals surface area contributed by atoms with E-state index in [1.165, 1.54) is 11.3 Å². The Kier molecular flexibility index (Phi) is 4.00. The van der Waals surface area contributed by atoms with Crippen LogP contribution in [0.1, 0.15) is 20.9 Å². The maximum Gasteiger partial charge on any atom is 0.268 e. The number of hydrogen-bond acceptors (Lipinski definition) is 4. The van der Waals surface area contributed by atoms with Gasteiger partial charge in [-0.25, -0.2) is 0 Å². The Labute approximate surface area is 115 Å². The van der Waals surface area contributed by atoms with Crippen LogP contribution in [0.4, 0.5) is 5.82 Å². The number of amides is 1. The highest BCUT2D eigenvalue weighted by molar-refractivity contribution is 7.12. The van der Waals surface area contributed by atoms with E-state index in [-0.39, 0.29) is 12.5 Å². The molecule has 0 aliphatic rings. The molecule has 0 aromatic carbocycles. The molecule has 2 aromatic rings. The predicted molar refractivity (Wildman–Crippen MR) is 76.1 cm³/mol. The molecule has 0 bridgehead atoms. The molecule has 3 N–H and O–H groups in total. The number of anilines is 1. The summed E-state index contributed by atoms with van der Waals surface area (Å²) in [6.45, 7) is 2.15. The molecule has 0 saturated heterocycles. The monoisotopic (exact) mass is 274 g/mol. The second-order valence-electron chi connectivity index (χ2n) is 3.92. The van der Waals surface area contributed by atoms with Gasteiger partial charge in [-0.2, -0.15) is 5.10 Å². The Morgan fingerprint density at radius 2 is 2.42 bits per heavy atom. The highest BCUT2D eigenvalue weighted by Crippen LogP contribution is 2.18. The average molecular weight is 274 g/mol. The molecule has 0 saturated carbocycles. The predicted octanol–water partition coefficient (Wildman–Crippen LogP) is 1.35. The Hall–Kier alpha value is -2.10. The van der Waals surface area contributed by atoms with Crippen LogP contribution >= 0.6 is 11.3 Å². The van der Waals surface area contributed by atoms with Crippen molar-refractivity contribution in [2.75, 3.05) is 11.9 Å². The summed E-state index contributed by atoms with van der Waals surface area (Å²) < 4.78 is 1.63. The summed E-state index contributed by atoms with van der Waals surface area (Å²) in [6.07, 6.45) is 0. The Morgan fingerprint density at radius 3 is 3.05 bits per heavy atom. The molecule has 0 unspecified atom stereocenters. The molecule has 1 amide bonds. The van der Waals surface area contributed by atoms with Gasteiger partial charge < -0.3 is 11.1 Å². The quantitative estimate of drug-likeness (QED) is 0.812. The van der Waals surface area contributed by atoms with Crippen LogP contribution in [0.15, 0.2) is 17.5 Å². The van der Waals surface area contributed by atoms with Crippen molar-refractivity contribution in [3.8, 4) is 11.8 Å². The lowest BCUT2D eigenvalue weighted by atomic mass is 10.2. The van der Waals surface area contributed by atoms with Crippen LogP contribution in [0.3, 0.4) is 0 Å². The van der Waals surface area contributed by atoms with Gasteiger partial charge in [-0.1, -0.05) is 11.8 Å². The van der Waals surface area contributed by atoms with E-state index in [1.807, 2.05) is 24.4 Å². The molecule has 2 rings (SSSR count).